The molecule has 7 nitrogen and oxygen atoms in total. The maximum Gasteiger partial charge on any atom is 0.237 e. The van der Waals surface area contributed by atoms with E-state index < -0.39 is 18.2 Å². The van der Waals surface area contributed by atoms with Crippen molar-refractivity contribution in [1.82, 2.24) is 10.6 Å². The van der Waals surface area contributed by atoms with Gasteiger partial charge in [0.15, 0.2) is 5.78 Å². The van der Waals surface area contributed by atoms with Gasteiger partial charge >= 0.3 is 0 Å². The van der Waals surface area contributed by atoms with Crippen LogP contribution in [0.5, 0.6) is 5.75 Å². The number of aromatic hydroxyl groups is 1. The molecule has 0 spiro atoms. The van der Waals surface area contributed by atoms with Crippen LogP contribution in [0.2, 0.25) is 0 Å². The highest BCUT2D eigenvalue weighted by molar-refractivity contribution is 5.85. The van der Waals surface area contributed by atoms with E-state index in [2.05, 4.69) is 22.8 Å². The summed E-state index contributed by atoms with van der Waals surface area (Å²) in [6.45, 7) is 1.55. The zero-order chi connectivity index (χ0) is 21.2. The fourth-order valence-electron chi connectivity index (χ4n) is 3.23. The minimum atomic E-state index is -0.710. The lowest BCUT2D eigenvalue weighted by molar-refractivity contribution is -0.125. The van der Waals surface area contributed by atoms with Crippen molar-refractivity contribution in [2.45, 2.75) is 44.4 Å². The van der Waals surface area contributed by atoms with Gasteiger partial charge in [-0.3, -0.25) is 14.9 Å². The van der Waals surface area contributed by atoms with Crippen molar-refractivity contribution in [1.29, 1.82) is 0 Å². The third-order valence-corrected chi connectivity index (χ3v) is 5.00. The number of phenols is 1. The van der Waals surface area contributed by atoms with Crippen LogP contribution in [0.25, 0.3) is 0 Å². The normalized spacial score (nSPS) is 18.8. The van der Waals surface area contributed by atoms with Crippen LogP contribution in [-0.2, 0) is 16.0 Å². The lowest BCUT2D eigenvalue weighted by Crippen LogP contribution is -2.53. The van der Waals surface area contributed by atoms with Crippen molar-refractivity contribution >= 4 is 11.7 Å². The van der Waals surface area contributed by atoms with Gasteiger partial charge in [0.05, 0.1) is 31.3 Å². The number of carbonyl (C=O) groups is 2. The van der Waals surface area contributed by atoms with E-state index in [1.54, 1.807) is 31.2 Å². The van der Waals surface area contributed by atoms with Gasteiger partial charge in [0.2, 0.25) is 5.91 Å². The highest BCUT2D eigenvalue weighted by Crippen LogP contribution is 2.19. The van der Waals surface area contributed by atoms with Gasteiger partial charge in [0.25, 0.3) is 0 Å². The number of aliphatic hydroxyl groups is 1. The van der Waals surface area contributed by atoms with Crippen molar-refractivity contribution in [2.75, 3.05) is 13.1 Å². The molecule has 2 rings (SSSR count). The third-order valence-electron chi connectivity index (χ3n) is 5.00. The van der Waals surface area contributed by atoms with Crippen molar-refractivity contribution < 1.29 is 19.8 Å². The summed E-state index contributed by atoms with van der Waals surface area (Å²) >= 11 is 0. The van der Waals surface area contributed by atoms with Gasteiger partial charge in [0.1, 0.15) is 5.75 Å². The molecule has 7 heteroatoms. The highest BCUT2D eigenvalue weighted by atomic mass is 16.3. The number of hydrogen-bond donors (Lipinski definition) is 5. The third kappa shape index (κ3) is 7.81. The molecule has 1 aromatic rings. The zero-order valence-electron chi connectivity index (χ0n) is 16.8. The molecule has 0 fully saturated rings. The van der Waals surface area contributed by atoms with E-state index in [0.717, 1.165) is 12.0 Å². The van der Waals surface area contributed by atoms with E-state index >= 15 is 0 Å². The highest BCUT2D eigenvalue weighted by Gasteiger charge is 2.26. The minimum absolute atomic E-state index is 0.0117. The molecule has 0 bridgehead atoms. The molecule has 0 heterocycles. The molecule has 0 aliphatic heterocycles. The van der Waals surface area contributed by atoms with E-state index in [9.17, 15) is 19.8 Å². The van der Waals surface area contributed by atoms with Crippen LogP contribution < -0.4 is 16.4 Å². The standard InChI is InChI=1S/C22H31N3O4/c1-15(26)20(11-16-5-3-2-4-6-16)25-22(29)21(24-14-19(28)13-23)12-17-7-9-18(27)10-8-17/h2-5,7-10,15-16,20-21,24,26-27H,6,11-14,23H2,1H3,(H,25,29)/t15?,16?,20?,21-/m0/s1. The zero-order valence-corrected chi connectivity index (χ0v) is 16.8. The molecule has 1 amide bonds. The fourth-order valence-corrected chi connectivity index (χ4v) is 3.23. The summed E-state index contributed by atoms with van der Waals surface area (Å²) in [5, 5.41) is 25.5. The predicted octanol–water partition coefficient (Wildman–Crippen LogP) is 0.809. The van der Waals surface area contributed by atoms with Crippen LogP contribution in [0.3, 0.4) is 0 Å². The van der Waals surface area contributed by atoms with Crippen LogP contribution in [0.1, 0.15) is 25.3 Å². The summed E-state index contributed by atoms with van der Waals surface area (Å²) in [5.41, 5.74) is 6.20. The molecule has 4 atom stereocenters. The van der Waals surface area contributed by atoms with Gasteiger partial charge in [-0.2, -0.15) is 0 Å². The Labute approximate surface area is 171 Å². The Morgan fingerprint density at radius 2 is 1.97 bits per heavy atom. The Balaban J connectivity index is 2.06. The molecule has 3 unspecified atom stereocenters. The number of nitrogens with two attached hydrogens (primary N) is 1. The van der Waals surface area contributed by atoms with Crippen molar-refractivity contribution in [3.05, 3.63) is 54.1 Å². The quantitative estimate of drug-likeness (QED) is 0.374. The molecular weight excluding hydrogens is 370 g/mol. The molecule has 6 N–H and O–H groups in total. The summed E-state index contributed by atoms with van der Waals surface area (Å²) in [6, 6.07) is 5.49. The first kappa shape index (κ1) is 22.8. The minimum Gasteiger partial charge on any atom is -0.508 e. The van der Waals surface area contributed by atoms with Crippen LogP contribution in [0.15, 0.2) is 48.6 Å². The smallest absolute Gasteiger partial charge is 0.237 e. The predicted molar refractivity (Wildman–Crippen MR) is 112 cm³/mol. The molecule has 0 saturated heterocycles. The van der Waals surface area contributed by atoms with Crippen molar-refractivity contribution in [3.8, 4) is 5.75 Å². The fraction of sp³-hybridized carbons (Fsp3) is 0.455. The van der Waals surface area contributed by atoms with E-state index in [1.807, 2.05) is 12.2 Å². The summed E-state index contributed by atoms with van der Waals surface area (Å²) < 4.78 is 0. The molecule has 0 saturated carbocycles. The van der Waals surface area contributed by atoms with Gasteiger partial charge in [-0.1, -0.05) is 36.4 Å². The Morgan fingerprint density at radius 1 is 1.24 bits per heavy atom. The van der Waals surface area contributed by atoms with E-state index in [1.165, 1.54) is 0 Å². The van der Waals surface area contributed by atoms with Gasteiger partial charge in [0, 0.05) is 0 Å². The molecule has 158 valence electrons. The molecule has 0 aromatic heterocycles. The second kappa shape index (κ2) is 11.5. The van der Waals surface area contributed by atoms with Gasteiger partial charge < -0.3 is 21.3 Å². The number of Topliss-reactive ketones (excluding diaryl/α,β-unsaturated/α-hetero) is 1. The maximum absolute atomic E-state index is 13.0. The van der Waals surface area contributed by atoms with Gasteiger partial charge in [-0.05, 0) is 49.8 Å². The second-order valence-corrected chi connectivity index (χ2v) is 7.45. The number of aliphatic hydroxyl groups excluding tert-OH is 1. The number of benzene rings is 1. The van der Waals surface area contributed by atoms with Crippen molar-refractivity contribution in [2.24, 2.45) is 11.7 Å². The van der Waals surface area contributed by atoms with E-state index in [0.29, 0.717) is 12.8 Å². The summed E-state index contributed by atoms with van der Waals surface area (Å²) in [7, 11) is 0. The van der Waals surface area contributed by atoms with Gasteiger partial charge in [-0.25, -0.2) is 0 Å². The first-order chi connectivity index (χ1) is 13.9. The Kier molecular flexibility index (Phi) is 9.05. The Hall–Kier alpha value is -2.48. The number of rotatable bonds is 11. The second-order valence-electron chi connectivity index (χ2n) is 7.45. The first-order valence-electron chi connectivity index (χ1n) is 9.94. The number of amides is 1. The SMILES string of the molecule is CC(O)C(CC1C=CC=CC1)NC(=O)[C@H](Cc1ccc(O)cc1)NCC(=O)CN. The largest absolute Gasteiger partial charge is 0.508 e. The van der Waals surface area contributed by atoms with Crippen LogP contribution in [-0.4, -0.2) is 53.2 Å². The molecule has 1 aliphatic rings. The summed E-state index contributed by atoms with van der Waals surface area (Å²) in [4.78, 5) is 24.6. The number of phenolic OH excluding ortho intramolecular Hbond substituents is 1. The van der Waals surface area contributed by atoms with Gasteiger partial charge in [-0.15, -0.1) is 0 Å². The Morgan fingerprint density at radius 3 is 2.55 bits per heavy atom. The number of allylic oxidation sites excluding steroid dienone is 4. The Bertz CT molecular complexity index is 728. The lowest BCUT2D eigenvalue weighted by Gasteiger charge is -2.28. The number of nitrogens with one attached hydrogen (secondary N) is 2. The lowest BCUT2D eigenvalue weighted by atomic mass is 9.91. The average molecular weight is 402 g/mol. The molecular formula is C22H31N3O4. The molecule has 1 aromatic carbocycles. The topological polar surface area (TPSA) is 125 Å². The van der Waals surface area contributed by atoms with E-state index in [-0.39, 0.29) is 36.4 Å². The average Bonchev–Trinajstić information content (AvgIpc) is 2.72. The molecule has 0 radical (unpaired) electrons. The van der Waals surface area contributed by atoms with Crippen molar-refractivity contribution in [3.63, 3.8) is 0 Å². The molecule has 29 heavy (non-hydrogen) atoms. The summed E-state index contributed by atoms with van der Waals surface area (Å²) in [6.07, 6.45) is 9.22. The maximum atomic E-state index is 13.0. The molecule has 1 aliphatic carbocycles. The van der Waals surface area contributed by atoms with Crippen LogP contribution in [0.4, 0.5) is 0 Å². The van der Waals surface area contributed by atoms with Crippen LogP contribution >= 0.6 is 0 Å². The van der Waals surface area contributed by atoms with Crippen LogP contribution in [0, 0.1) is 5.92 Å². The first-order valence-corrected chi connectivity index (χ1v) is 9.94. The number of ketones is 1. The van der Waals surface area contributed by atoms with E-state index in [4.69, 9.17) is 5.73 Å². The monoisotopic (exact) mass is 401 g/mol. The summed E-state index contributed by atoms with van der Waals surface area (Å²) in [5.74, 6) is -0.0872. The number of hydrogen-bond acceptors (Lipinski definition) is 6. The number of carbonyl (C=O) groups excluding carboxylic acids is 2.